The van der Waals surface area contributed by atoms with Crippen molar-refractivity contribution in [2.75, 3.05) is 11.9 Å². The Hall–Kier alpha value is -3.22. The van der Waals surface area contributed by atoms with Gasteiger partial charge in [-0.3, -0.25) is 4.40 Å². The highest BCUT2D eigenvalue weighted by molar-refractivity contribution is 5.79. The fourth-order valence-corrected chi connectivity index (χ4v) is 2.79. The second-order valence-electron chi connectivity index (χ2n) is 5.92. The van der Waals surface area contributed by atoms with Crippen molar-refractivity contribution in [2.24, 2.45) is 0 Å². The minimum Gasteiger partial charge on any atom is -0.432 e. The van der Waals surface area contributed by atoms with Gasteiger partial charge in [0.05, 0.1) is 5.69 Å². The molecule has 0 bridgehead atoms. The van der Waals surface area contributed by atoms with Gasteiger partial charge in [0.1, 0.15) is 23.5 Å². The van der Waals surface area contributed by atoms with Crippen molar-refractivity contribution >= 4 is 11.8 Å². The van der Waals surface area contributed by atoms with Crippen LogP contribution in [0.2, 0.25) is 0 Å². The van der Waals surface area contributed by atoms with Crippen molar-refractivity contribution in [3.05, 3.63) is 54.8 Å². The lowest BCUT2D eigenvalue weighted by atomic mass is 10.1. The van der Waals surface area contributed by atoms with Gasteiger partial charge in [-0.1, -0.05) is 13.3 Å². The van der Waals surface area contributed by atoms with Gasteiger partial charge >= 0.3 is 5.84 Å². The van der Waals surface area contributed by atoms with Crippen LogP contribution >= 0.6 is 0 Å². The van der Waals surface area contributed by atoms with Crippen LogP contribution in [-0.4, -0.2) is 25.9 Å². The van der Waals surface area contributed by atoms with Crippen molar-refractivity contribution in [3.63, 3.8) is 0 Å². The average Bonchev–Trinajstić information content (AvgIpc) is 3.24. The SMILES string of the molecule is CCCCNc1nccc(-c2c(-c3ccc(F)cc3)nc3occn23)n1. The Balaban J connectivity index is 1.80. The summed E-state index contributed by atoms with van der Waals surface area (Å²) in [4.78, 5) is 13.4. The molecule has 0 saturated heterocycles. The molecule has 26 heavy (non-hydrogen) atoms. The van der Waals surface area contributed by atoms with E-state index in [-0.39, 0.29) is 5.82 Å². The first-order valence-electron chi connectivity index (χ1n) is 8.55. The Bertz CT molecular complexity index is 1020. The van der Waals surface area contributed by atoms with Crippen LogP contribution in [0.1, 0.15) is 19.8 Å². The fourth-order valence-electron chi connectivity index (χ4n) is 2.79. The van der Waals surface area contributed by atoms with E-state index < -0.39 is 0 Å². The number of unbranched alkanes of at least 4 members (excludes halogenated alkanes) is 1. The molecule has 0 spiro atoms. The number of hydrogen-bond donors (Lipinski definition) is 1. The van der Waals surface area contributed by atoms with Gasteiger partial charge in [0, 0.05) is 24.5 Å². The number of nitrogens with one attached hydrogen (secondary N) is 1. The molecule has 0 atom stereocenters. The number of anilines is 1. The number of hydrogen-bond acceptors (Lipinski definition) is 5. The van der Waals surface area contributed by atoms with E-state index in [9.17, 15) is 4.39 Å². The van der Waals surface area contributed by atoms with Crippen LogP contribution < -0.4 is 5.32 Å². The summed E-state index contributed by atoms with van der Waals surface area (Å²) < 4.78 is 20.6. The molecular weight excluding hydrogens is 333 g/mol. The molecule has 0 unspecified atom stereocenters. The maximum Gasteiger partial charge on any atom is 0.306 e. The third-order valence-electron chi connectivity index (χ3n) is 4.09. The second-order valence-corrected chi connectivity index (χ2v) is 5.92. The lowest BCUT2D eigenvalue weighted by Gasteiger charge is -2.07. The first-order valence-corrected chi connectivity index (χ1v) is 8.55. The van der Waals surface area contributed by atoms with Gasteiger partial charge < -0.3 is 9.73 Å². The molecule has 0 aliphatic rings. The van der Waals surface area contributed by atoms with Crippen molar-refractivity contribution in [1.29, 1.82) is 0 Å². The predicted octanol–water partition coefficient (Wildman–Crippen LogP) is 4.40. The summed E-state index contributed by atoms with van der Waals surface area (Å²) in [6, 6.07) is 8.05. The van der Waals surface area contributed by atoms with Gasteiger partial charge in [0.25, 0.3) is 0 Å². The molecule has 0 fully saturated rings. The Labute approximate surface area is 149 Å². The maximum absolute atomic E-state index is 13.3. The quantitative estimate of drug-likeness (QED) is 0.521. The number of halogens is 1. The maximum atomic E-state index is 13.3. The highest BCUT2D eigenvalue weighted by atomic mass is 19.1. The minimum absolute atomic E-state index is 0.289. The predicted molar refractivity (Wildman–Crippen MR) is 97.3 cm³/mol. The number of imidazole rings is 1. The van der Waals surface area contributed by atoms with Gasteiger partial charge in [0.15, 0.2) is 0 Å². The van der Waals surface area contributed by atoms with E-state index in [1.54, 1.807) is 30.8 Å². The van der Waals surface area contributed by atoms with Crippen LogP contribution in [-0.2, 0) is 0 Å². The molecule has 0 aliphatic heterocycles. The highest BCUT2D eigenvalue weighted by Crippen LogP contribution is 2.32. The molecule has 3 aromatic heterocycles. The Morgan fingerprint density at radius 2 is 2.00 bits per heavy atom. The Morgan fingerprint density at radius 3 is 2.81 bits per heavy atom. The van der Waals surface area contributed by atoms with Crippen LogP contribution in [0.3, 0.4) is 0 Å². The lowest BCUT2D eigenvalue weighted by Crippen LogP contribution is -2.05. The summed E-state index contributed by atoms with van der Waals surface area (Å²) in [5, 5.41) is 3.23. The van der Waals surface area contributed by atoms with E-state index in [0.717, 1.165) is 30.6 Å². The standard InChI is InChI=1S/C19H18FN5O/c1-2-3-9-21-18-22-10-8-15(23-18)17-16(13-4-6-14(20)7-5-13)24-19-25(17)11-12-26-19/h4-8,10-12H,2-3,9H2,1H3,(H,21,22,23). The average molecular weight is 351 g/mol. The summed E-state index contributed by atoms with van der Waals surface area (Å²) >= 11 is 0. The molecule has 0 amide bonds. The number of fused-ring (bicyclic) bond motifs is 1. The molecule has 4 aromatic rings. The summed E-state index contributed by atoms with van der Waals surface area (Å²) in [6.45, 7) is 2.95. The lowest BCUT2D eigenvalue weighted by molar-refractivity contribution is 0.596. The Morgan fingerprint density at radius 1 is 1.15 bits per heavy atom. The molecule has 1 aromatic carbocycles. The molecule has 1 N–H and O–H groups in total. The summed E-state index contributed by atoms with van der Waals surface area (Å²) in [5.41, 5.74) is 2.97. The third-order valence-corrected chi connectivity index (χ3v) is 4.09. The van der Waals surface area contributed by atoms with Crippen molar-refractivity contribution < 1.29 is 8.81 Å². The molecule has 6 nitrogen and oxygen atoms in total. The third kappa shape index (κ3) is 3.03. The first kappa shape index (κ1) is 16.3. The van der Waals surface area contributed by atoms with Crippen molar-refractivity contribution in [3.8, 4) is 22.6 Å². The van der Waals surface area contributed by atoms with Gasteiger partial charge in [-0.25, -0.2) is 14.4 Å². The van der Waals surface area contributed by atoms with Gasteiger partial charge in [-0.05, 0) is 36.8 Å². The van der Waals surface area contributed by atoms with E-state index in [2.05, 4.69) is 27.2 Å². The highest BCUT2D eigenvalue weighted by Gasteiger charge is 2.19. The van der Waals surface area contributed by atoms with E-state index in [1.807, 2.05) is 10.5 Å². The van der Waals surface area contributed by atoms with Gasteiger partial charge in [-0.15, -0.1) is 0 Å². The van der Waals surface area contributed by atoms with E-state index in [0.29, 0.717) is 23.2 Å². The minimum atomic E-state index is -0.289. The molecule has 0 radical (unpaired) electrons. The summed E-state index contributed by atoms with van der Waals surface area (Å²) in [7, 11) is 0. The van der Waals surface area contributed by atoms with E-state index in [1.165, 1.54) is 12.1 Å². The molecule has 0 saturated carbocycles. The molecule has 132 valence electrons. The summed E-state index contributed by atoms with van der Waals surface area (Å²) in [5.74, 6) is 0.737. The largest absolute Gasteiger partial charge is 0.432 e. The number of rotatable bonds is 6. The van der Waals surface area contributed by atoms with Gasteiger partial charge in [0.2, 0.25) is 5.95 Å². The monoisotopic (exact) mass is 351 g/mol. The zero-order chi connectivity index (χ0) is 17.9. The zero-order valence-corrected chi connectivity index (χ0v) is 14.3. The first-order chi connectivity index (χ1) is 12.8. The van der Waals surface area contributed by atoms with Crippen LogP contribution in [0.5, 0.6) is 0 Å². The van der Waals surface area contributed by atoms with E-state index in [4.69, 9.17) is 4.42 Å². The Kier molecular flexibility index (Phi) is 4.35. The van der Waals surface area contributed by atoms with Crippen LogP contribution in [0, 0.1) is 5.82 Å². The second kappa shape index (κ2) is 6.95. The smallest absolute Gasteiger partial charge is 0.306 e. The van der Waals surface area contributed by atoms with Gasteiger partial charge in [-0.2, -0.15) is 4.98 Å². The molecule has 7 heteroatoms. The van der Waals surface area contributed by atoms with Crippen LogP contribution in [0.4, 0.5) is 10.3 Å². The number of nitrogens with zero attached hydrogens (tertiary/aromatic N) is 4. The van der Waals surface area contributed by atoms with Crippen LogP contribution in [0.15, 0.2) is 53.4 Å². The van der Waals surface area contributed by atoms with Crippen molar-refractivity contribution in [2.45, 2.75) is 19.8 Å². The number of aromatic nitrogens is 4. The molecule has 0 aliphatic carbocycles. The molecular formula is C19H18FN5O. The van der Waals surface area contributed by atoms with Crippen molar-refractivity contribution in [1.82, 2.24) is 19.4 Å². The topological polar surface area (TPSA) is 68.2 Å². The van der Waals surface area contributed by atoms with E-state index >= 15 is 0 Å². The normalized spacial score (nSPS) is 11.2. The fraction of sp³-hybridized carbons (Fsp3) is 0.211. The number of oxazole rings is 1. The number of benzene rings is 1. The molecule has 4 rings (SSSR count). The molecule has 3 heterocycles. The zero-order valence-electron chi connectivity index (χ0n) is 14.3. The van der Waals surface area contributed by atoms with Crippen LogP contribution in [0.25, 0.3) is 28.5 Å². The summed E-state index contributed by atoms with van der Waals surface area (Å²) in [6.07, 6.45) is 7.22.